The van der Waals surface area contributed by atoms with E-state index in [1.54, 1.807) is 29.2 Å². The third kappa shape index (κ3) is 3.61. The summed E-state index contributed by atoms with van der Waals surface area (Å²) in [5.74, 6) is -1.23. The number of carboxylic acid groups (broad SMARTS) is 1. The third-order valence-electron chi connectivity index (χ3n) is 4.29. The van der Waals surface area contributed by atoms with E-state index in [0.29, 0.717) is 18.7 Å². The van der Waals surface area contributed by atoms with Gasteiger partial charge in [-0.15, -0.1) is 0 Å². The molecule has 0 saturated carbocycles. The van der Waals surface area contributed by atoms with E-state index in [-0.39, 0.29) is 29.5 Å². The minimum Gasteiger partial charge on any atom is -0.478 e. The quantitative estimate of drug-likeness (QED) is 0.876. The Balaban J connectivity index is 1.68. The fraction of sp³-hybridized carbons (Fsp3) is 0.222. The fourth-order valence-corrected chi connectivity index (χ4v) is 4.24. The Bertz CT molecular complexity index is 902. The van der Waals surface area contributed by atoms with E-state index in [1.807, 2.05) is 6.07 Å². The smallest absolute Gasteiger partial charge is 0.335 e. The molecule has 1 aliphatic heterocycles. The summed E-state index contributed by atoms with van der Waals surface area (Å²) in [6.07, 6.45) is 0. The molecule has 0 unspecified atom stereocenters. The van der Waals surface area contributed by atoms with Gasteiger partial charge in [-0.3, -0.25) is 4.79 Å². The molecule has 1 heterocycles. The van der Waals surface area contributed by atoms with Gasteiger partial charge in [0.05, 0.1) is 10.5 Å². The Morgan fingerprint density at radius 1 is 0.808 bits per heavy atom. The van der Waals surface area contributed by atoms with Gasteiger partial charge in [-0.25, -0.2) is 13.2 Å². The van der Waals surface area contributed by atoms with Gasteiger partial charge >= 0.3 is 5.97 Å². The summed E-state index contributed by atoms with van der Waals surface area (Å²) in [4.78, 5) is 25.0. The van der Waals surface area contributed by atoms with Gasteiger partial charge in [-0.1, -0.05) is 18.2 Å². The number of aromatic carboxylic acids is 1. The maximum Gasteiger partial charge on any atom is 0.335 e. The molecule has 1 aliphatic rings. The second-order valence-electron chi connectivity index (χ2n) is 5.89. The SMILES string of the molecule is O=C(O)c1ccc(S(=O)(=O)N2CCN(C(=O)c3ccccc3)CC2)cc1. The summed E-state index contributed by atoms with van der Waals surface area (Å²) in [5, 5.41) is 8.91. The van der Waals surface area contributed by atoms with Gasteiger partial charge in [0.1, 0.15) is 0 Å². The zero-order valence-corrected chi connectivity index (χ0v) is 14.7. The lowest BCUT2D eigenvalue weighted by atomic mass is 10.2. The van der Waals surface area contributed by atoms with Crippen molar-refractivity contribution >= 4 is 21.9 Å². The average Bonchev–Trinajstić information content (AvgIpc) is 2.68. The van der Waals surface area contributed by atoms with Crippen LogP contribution in [0.3, 0.4) is 0 Å². The number of carbonyl (C=O) groups is 2. The van der Waals surface area contributed by atoms with Crippen molar-refractivity contribution in [1.29, 1.82) is 0 Å². The number of carboxylic acids is 1. The van der Waals surface area contributed by atoms with E-state index >= 15 is 0 Å². The topological polar surface area (TPSA) is 95.0 Å². The largest absolute Gasteiger partial charge is 0.478 e. The molecule has 1 N–H and O–H groups in total. The highest BCUT2D eigenvalue weighted by Crippen LogP contribution is 2.19. The Kier molecular flexibility index (Phi) is 5.06. The Labute approximate surface area is 151 Å². The molecular weight excluding hydrogens is 356 g/mol. The van der Waals surface area contributed by atoms with Crippen LogP contribution in [0.2, 0.25) is 0 Å². The van der Waals surface area contributed by atoms with Gasteiger partial charge in [0.25, 0.3) is 5.91 Å². The number of benzene rings is 2. The first-order valence-electron chi connectivity index (χ1n) is 8.07. The van der Waals surface area contributed by atoms with E-state index in [9.17, 15) is 18.0 Å². The van der Waals surface area contributed by atoms with Gasteiger partial charge < -0.3 is 10.0 Å². The van der Waals surface area contributed by atoms with Crippen molar-refractivity contribution < 1.29 is 23.1 Å². The van der Waals surface area contributed by atoms with E-state index in [2.05, 4.69) is 0 Å². The van der Waals surface area contributed by atoms with E-state index in [1.165, 1.54) is 28.6 Å². The van der Waals surface area contributed by atoms with E-state index < -0.39 is 16.0 Å². The van der Waals surface area contributed by atoms with Crippen molar-refractivity contribution in [2.45, 2.75) is 4.90 Å². The molecule has 7 nitrogen and oxygen atoms in total. The van der Waals surface area contributed by atoms with Crippen LogP contribution in [0.1, 0.15) is 20.7 Å². The molecule has 2 aromatic rings. The van der Waals surface area contributed by atoms with Gasteiger partial charge in [0, 0.05) is 31.7 Å². The van der Waals surface area contributed by atoms with Crippen molar-refractivity contribution in [3.05, 3.63) is 65.7 Å². The summed E-state index contributed by atoms with van der Waals surface area (Å²) in [5.41, 5.74) is 0.607. The summed E-state index contributed by atoms with van der Waals surface area (Å²) in [6, 6.07) is 14.0. The summed E-state index contributed by atoms with van der Waals surface area (Å²) >= 11 is 0. The van der Waals surface area contributed by atoms with Gasteiger partial charge in [0.15, 0.2) is 0 Å². The maximum absolute atomic E-state index is 12.7. The molecule has 0 atom stereocenters. The predicted molar refractivity (Wildman–Crippen MR) is 94.5 cm³/mol. The maximum atomic E-state index is 12.7. The van der Waals surface area contributed by atoms with E-state index in [0.717, 1.165) is 0 Å². The van der Waals surface area contributed by atoms with Crippen LogP contribution in [0.25, 0.3) is 0 Å². The van der Waals surface area contributed by atoms with Crippen LogP contribution in [0.15, 0.2) is 59.5 Å². The first-order chi connectivity index (χ1) is 12.4. The van der Waals surface area contributed by atoms with Crippen LogP contribution in [-0.2, 0) is 10.0 Å². The third-order valence-corrected chi connectivity index (χ3v) is 6.20. The number of nitrogens with zero attached hydrogens (tertiary/aromatic N) is 2. The molecule has 0 spiro atoms. The molecule has 26 heavy (non-hydrogen) atoms. The highest BCUT2D eigenvalue weighted by atomic mass is 32.2. The number of hydrogen-bond acceptors (Lipinski definition) is 4. The molecule has 8 heteroatoms. The molecule has 3 rings (SSSR count). The fourth-order valence-electron chi connectivity index (χ4n) is 2.81. The normalized spacial score (nSPS) is 15.6. The Hall–Kier alpha value is -2.71. The molecule has 0 aliphatic carbocycles. The number of rotatable bonds is 4. The number of amides is 1. The number of piperazine rings is 1. The molecule has 0 aromatic heterocycles. The Morgan fingerprint density at radius 2 is 1.38 bits per heavy atom. The van der Waals surface area contributed by atoms with Crippen molar-refractivity contribution in [2.75, 3.05) is 26.2 Å². The van der Waals surface area contributed by atoms with Crippen LogP contribution < -0.4 is 0 Å². The van der Waals surface area contributed by atoms with E-state index in [4.69, 9.17) is 5.11 Å². The number of hydrogen-bond donors (Lipinski definition) is 1. The molecule has 0 radical (unpaired) electrons. The minimum absolute atomic E-state index is 0.0298. The summed E-state index contributed by atoms with van der Waals surface area (Å²) in [7, 11) is -3.72. The van der Waals surface area contributed by atoms with Crippen molar-refractivity contribution in [3.8, 4) is 0 Å². The monoisotopic (exact) mass is 374 g/mol. The van der Waals surface area contributed by atoms with Crippen LogP contribution in [0.5, 0.6) is 0 Å². The second-order valence-corrected chi connectivity index (χ2v) is 7.83. The molecule has 136 valence electrons. The summed E-state index contributed by atoms with van der Waals surface area (Å²) in [6.45, 7) is 1.00. The van der Waals surface area contributed by atoms with Crippen molar-refractivity contribution in [2.24, 2.45) is 0 Å². The average molecular weight is 374 g/mol. The lowest BCUT2D eigenvalue weighted by molar-refractivity contribution is 0.0690. The highest BCUT2D eigenvalue weighted by Gasteiger charge is 2.30. The lowest BCUT2D eigenvalue weighted by Crippen LogP contribution is -2.50. The molecule has 1 amide bonds. The molecule has 2 aromatic carbocycles. The molecule has 0 bridgehead atoms. The van der Waals surface area contributed by atoms with Gasteiger partial charge in [-0.2, -0.15) is 4.31 Å². The van der Waals surface area contributed by atoms with Crippen LogP contribution in [0, 0.1) is 0 Å². The van der Waals surface area contributed by atoms with Gasteiger partial charge in [0.2, 0.25) is 10.0 Å². The number of carbonyl (C=O) groups excluding carboxylic acids is 1. The predicted octanol–water partition coefficient (Wildman–Crippen LogP) is 1.53. The standard InChI is InChI=1S/C18H18N2O5S/c21-17(14-4-2-1-3-5-14)19-10-12-20(13-11-19)26(24,25)16-8-6-15(7-9-16)18(22)23/h1-9H,10-13H2,(H,22,23). The highest BCUT2D eigenvalue weighted by molar-refractivity contribution is 7.89. The van der Waals surface area contributed by atoms with Crippen molar-refractivity contribution in [1.82, 2.24) is 9.21 Å². The second kappa shape index (κ2) is 7.27. The van der Waals surface area contributed by atoms with Gasteiger partial charge in [-0.05, 0) is 36.4 Å². The van der Waals surface area contributed by atoms with Crippen molar-refractivity contribution in [3.63, 3.8) is 0 Å². The first kappa shape index (κ1) is 18.1. The van der Waals surface area contributed by atoms with Crippen LogP contribution in [-0.4, -0.2) is 60.8 Å². The molecule has 1 saturated heterocycles. The van der Waals surface area contributed by atoms with Crippen LogP contribution in [0.4, 0.5) is 0 Å². The zero-order chi connectivity index (χ0) is 18.7. The first-order valence-corrected chi connectivity index (χ1v) is 9.51. The molecular formula is C18H18N2O5S. The lowest BCUT2D eigenvalue weighted by Gasteiger charge is -2.34. The zero-order valence-electron chi connectivity index (χ0n) is 13.9. The summed E-state index contributed by atoms with van der Waals surface area (Å²) < 4.78 is 26.7. The van der Waals surface area contributed by atoms with Crippen LogP contribution >= 0.6 is 0 Å². The minimum atomic E-state index is -3.72. The molecule has 1 fully saturated rings. The number of sulfonamides is 1. The Morgan fingerprint density at radius 3 is 1.92 bits per heavy atom.